The Hall–Kier alpha value is -4.02. The lowest BCUT2D eigenvalue weighted by molar-refractivity contribution is -0.136. The van der Waals surface area contributed by atoms with E-state index in [4.69, 9.17) is 13.7 Å². The van der Waals surface area contributed by atoms with Gasteiger partial charge in [-0.2, -0.15) is 8.42 Å². The predicted molar refractivity (Wildman–Crippen MR) is 177 cm³/mol. The van der Waals surface area contributed by atoms with Crippen molar-refractivity contribution in [3.63, 3.8) is 0 Å². The molecule has 10 heteroatoms. The van der Waals surface area contributed by atoms with E-state index < -0.39 is 22.0 Å². The number of allylic oxidation sites excluding steroid dienone is 2. The van der Waals surface area contributed by atoms with Gasteiger partial charge in [0.15, 0.2) is 5.78 Å². The van der Waals surface area contributed by atoms with E-state index in [1.165, 1.54) is 0 Å². The maximum absolute atomic E-state index is 13.2. The lowest BCUT2D eigenvalue weighted by Gasteiger charge is -2.25. The number of carbonyl (C=O) groups excluding carboxylic acids is 2. The number of hydrogen-bond donors (Lipinski definition) is 1. The number of anilines is 1. The van der Waals surface area contributed by atoms with Crippen molar-refractivity contribution in [1.29, 1.82) is 0 Å². The molecule has 0 saturated carbocycles. The summed E-state index contributed by atoms with van der Waals surface area (Å²) in [5.74, 6) is -0.481. The van der Waals surface area contributed by atoms with Crippen molar-refractivity contribution in [2.75, 3.05) is 36.8 Å². The molecule has 4 rings (SSSR count). The molecule has 0 bridgehead atoms. The first-order valence-corrected chi connectivity index (χ1v) is 17.0. The van der Waals surface area contributed by atoms with Crippen molar-refractivity contribution in [3.05, 3.63) is 82.9 Å². The van der Waals surface area contributed by atoms with E-state index in [2.05, 4.69) is 25.7 Å². The number of ether oxygens (including phenoxy) is 1. The zero-order valence-corrected chi connectivity index (χ0v) is 27.7. The largest absolute Gasteiger partial charge is 0.460 e. The first kappa shape index (κ1) is 33.9. The molecule has 1 N–H and O–H groups in total. The van der Waals surface area contributed by atoms with Gasteiger partial charge in [-0.15, -0.1) is 0 Å². The maximum atomic E-state index is 13.2. The fourth-order valence-electron chi connectivity index (χ4n) is 5.34. The van der Waals surface area contributed by atoms with E-state index in [-0.39, 0.29) is 17.0 Å². The third-order valence-electron chi connectivity index (χ3n) is 7.90. The van der Waals surface area contributed by atoms with Gasteiger partial charge in [-0.1, -0.05) is 45.1 Å². The van der Waals surface area contributed by atoms with Crippen LogP contribution in [0.3, 0.4) is 0 Å². The van der Waals surface area contributed by atoms with Crippen molar-refractivity contribution in [1.82, 2.24) is 4.58 Å². The van der Waals surface area contributed by atoms with Gasteiger partial charge in [0.2, 0.25) is 5.36 Å². The van der Waals surface area contributed by atoms with E-state index in [0.717, 1.165) is 41.0 Å². The molecule has 1 aromatic rings. The summed E-state index contributed by atoms with van der Waals surface area (Å²) in [6.45, 7) is 15.0. The lowest BCUT2D eigenvalue weighted by Crippen LogP contribution is -2.32. The third-order valence-corrected chi connectivity index (χ3v) is 8.70. The van der Waals surface area contributed by atoms with Crippen LogP contribution in [0.25, 0.3) is 17.4 Å². The van der Waals surface area contributed by atoms with Crippen LogP contribution in [0.5, 0.6) is 5.75 Å². The minimum atomic E-state index is -4.02. The second kappa shape index (κ2) is 14.0. The molecule has 1 aromatic carbocycles. The van der Waals surface area contributed by atoms with Crippen molar-refractivity contribution < 1.29 is 31.7 Å². The number of benzene rings is 2. The normalized spacial score (nSPS) is 16.4. The summed E-state index contributed by atoms with van der Waals surface area (Å²) in [5.41, 5.74) is 2.79. The number of hydrogen-bond acceptors (Lipinski definition) is 7. The number of Topliss-reactive ketones (excluding diaryl/α,β-unsaturated/α-hetero) is 1. The van der Waals surface area contributed by atoms with E-state index in [1.54, 1.807) is 30.4 Å². The number of ketones is 1. The van der Waals surface area contributed by atoms with Gasteiger partial charge in [-0.25, -0.2) is 4.58 Å². The molecule has 0 spiro atoms. The van der Waals surface area contributed by atoms with Crippen LogP contribution in [0.4, 0.5) is 5.69 Å². The fraction of sp³-hybridized carbons (Fsp3) is 0.400. The molecule has 0 saturated heterocycles. The Labute approximate surface area is 265 Å². The Balaban J connectivity index is 1.62. The second-order valence-corrected chi connectivity index (χ2v) is 13.6. The molecule has 2 heterocycles. The highest BCUT2D eigenvalue weighted by molar-refractivity contribution is 7.85. The molecule has 1 atom stereocenters. The Morgan fingerprint density at radius 2 is 1.69 bits per heavy atom. The van der Waals surface area contributed by atoms with Crippen molar-refractivity contribution in [2.24, 2.45) is 5.92 Å². The minimum absolute atomic E-state index is 0.278. The van der Waals surface area contributed by atoms with Crippen LogP contribution in [0.1, 0.15) is 69.6 Å². The van der Waals surface area contributed by atoms with Crippen molar-refractivity contribution in [2.45, 2.75) is 53.4 Å². The molecule has 0 radical (unpaired) electrons. The second-order valence-electron chi connectivity index (χ2n) is 12.1. The average molecular weight is 636 g/mol. The van der Waals surface area contributed by atoms with Gasteiger partial charge in [-0.3, -0.25) is 14.1 Å². The van der Waals surface area contributed by atoms with Crippen LogP contribution in [-0.4, -0.2) is 56.7 Å². The standard InChI is InChI=1S/C35H42N2O7S/c1-7-36(8-2)25-16-18-28-31(22-25)44-34(39)29(33(28)38)14-11-10-13-24-21-32(35(4,5)6)43-30-23-26(15-17-27(24)30)37(9-3)19-12-20-45(40,41)42/h10-11,13-18,21-23,29H,7-9,12,19-20H2,1-6H3/p+1/b13-10+,14-11+,37-26?. The van der Waals surface area contributed by atoms with Crippen LogP contribution in [-0.2, 0) is 20.3 Å². The summed E-state index contributed by atoms with van der Waals surface area (Å²) in [7, 11) is -4.02. The van der Waals surface area contributed by atoms with E-state index in [9.17, 15) is 18.0 Å². The highest BCUT2D eigenvalue weighted by Crippen LogP contribution is 2.34. The summed E-state index contributed by atoms with van der Waals surface area (Å²) in [4.78, 5) is 28.2. The van der Waals surface area contributed by atoms with Crippen LogP contribution in [0, 0.1) is 5.92 Å². The molecule has 0 aromatic heterocycles. The molecular formula is C35H43N2O7S+. The molecule has 1 aliphatic carbocycles. The SMILES string of the molecule is CCN(CC)c1ccc2c(c1)OC(=O)C(/C=C/C=C/c1cc(C(C)(C)C)oc3cc(=[N+](CC)CCCS(=O)(=O)O)ccc1-3)C2=O. The molecule has 2 aliphatic heterocycles. The zero-order valence-electron chi connectivity index (χ0n) is 26.9. The predicted octanol–water partition coefficient (Wildman–Crippen LogP) is 5.59. The van der Waals surface area contributed by atoms with Gasteiger partial charge >= 0.3 is 5.97 Å². The molecule has 3 aliphatic rings. The number of nitrogens with zero attached hydrogens (tertiary/aromatic N) is 2. The zero-order chi connectivity index (χ0) is 32.9. The number of carbonyl (C=O) groups is 2. The van der Waals surface area contributed by atoms with Gasteiger partial charge in [-0.05, 0) is 50.6 Å². The summed E-state index contributed by atoms with van der Waals surface area (Å²) in [6.07, 6.45) is 7.25. The number of rotatable bonds is 11. The highest BCUT2D eigenvalue weighted by atomic mass is 32.2. The van der Waals surface area contributed by atoms with E-state index >= 15 is 0 Å². The summed E-state index contributed by atoms with van der Waals surface area (Å²) in [5, 5.41) is 0.879. The molecule has 240 valence electrons. The molecule has 9 nitrogen and oxygen atoms in total. The van der Waals surface area contributed by atoms with E-state index in [1.807, 2.05) is 61.8 Å². The van der Waals surface area contributed by atoms with Gasteiger partial charge in [0, 0.05) is 48.3 Å². The number of fused-ring (bicyclic) bond motifs is 2. The summed E-state index contributed by atoms with van der Waals surface area (Å²) < 4.78 is 45.4. The Bertz CT molecular complexity index is 1770. The van der Waals surface area contributed by atoms with Gasteiger partial charge < -0.3 is 14.1 Å². The quantitative estimate of drug-likeness (QED) is 0.0725. The van der Waals surface area contributed by atoms with Crippen LogP contribution in [0.15, 0.2) is 65.1 Å². The Kier molecular flexibility index (Phi) is 10.5. The summed E-state index contributed by atoms with van der Waals surface area (Å²) in [6, 6.07) is 13.2. The number of esters is 1. The van der Waals surface area contributed by atoms with Gasteiger partial charge in [0.25, 0.3) is 10.1 Å². The van der Waals surface area contributed by atoms with Crippen LogP contribution in [0.2, 0.25) is 0 Å². The molecular weight excluding hydrogens is 592 g/mol. The van der Waals surface area contributed by atoms with Crippen molar-refractivity contribution >= 4 is 33.6 Å². The highest BCUT2D eigenvalue weighted by Gasteiger charge is 2.34. The topological polar surface area (TPSA) is 117 Å². The minimum Gasteiger partial charge on any atom is -0.460 e. The van der Waals surface area contributed by atoms with Gasteiger partial charge in [0.05, 0.1) is 17.4 Å². The average Bonchev–Trinajstić information content (AvgIpc) is 2.98. The monoisotopic (exact) mass is 635 g/mol. The first-order chi connectivity index (χ1) is 21.2. The van der Waals surface area contributed by atoms with Gasteiger partial charge in [0.1, 0.15) is 36.3 Å². The van der Waals surface area contributed by atoms with E-state index in [0.29, 0.717) is 36.6 Å². The van der Waals surface area contributed by atoms with Crippen LogP contribution < -0.4 is 19.6 Å². The summed E-state index contributed by atoms with van der Waals surface area (Å²) >= 11 is 0. The molecule has 45 heavy (non-hydrogen) atoms. The Morgan fingerprint density at radius 1 is 0.978 bits per heavy atom. The first-order valence-electron chi connectivity index (χ1n) is 15.4. The molecule has 0 fully saturated rings. The maximum Gasteiger partial charge on any atom is 0.326 e. The van der Waals surface area contributed by atoms with Crippen LogP contribution >= 0.6 is 0 Å². The smallest absolute Gasteiger partial charge is 0.326 e. The van der Waals surface area contributed by atoms with Crippen molar-refractivity contribution in [3.8, 4) is 17.1 Å². The molecule has 1 unspecified atom stereocenters. The Morgan fingerprint density at radius 3 is 2.33 bits per heavy atom. The molecule has 0 amide bonds. The third kappa shape index (κ3) is 8.18. The lowest BCUT2D eigenvalue weighted by atomic mass is 9.90. The fourth-order valence-corrected chi connectivity index (χ4v) is 5.84.